The predicted octanol–water partition coefficient (Wildman–Crippen LogP) is 4.39. The highest BCUT2D eigenvalue weighted by molar-refractivity contribution is 5.89. The van der Waals surface area contributed by atoms with Gasteiger partial charge in [-0.2, -0.15) is 18.2 Å². The molecule has 1 heterocycles. The van der Waals surface area contributed by atoms with Crippen molar-refractivity contribution in [1.82, 2.24) is 10.1 Å². The molecule has 0 aliphatic rings. The number of hydrogen-bond acceptors (Lipinski definition) is 5. The lowest BCUT2D eigenvalue weighted by Crippen LogP contribution is -2.06. The first-order chi connectivity index (χ1) is 12.7. The van der Waals surface area contributed by atoms with Crippen molar-refractivity contribution in [3.8, 4) is 11.4 Å². The first-order valence-electron chi connectivity index (χ1n) is 7.36. The smallest absolute Gasteiger partial charge is 0.416 e. The van der Waals surface area contributed by atoms with Gasteiger partial charge in [0.25, 0.3) is 5.89 Å². The van der Waals surface area contributed by atoms with Gasteiger partial charge in [-0.3, -0.25) is 0 Å². The minimum Gasteiger partial charge on any atom is -0.452 e. The summed E-state index contributed by atoms with van der Waals surface area (Å²) in [4.78, 5) is 15.7. The number of esters is 1. The lowest BCUT2D eigenvalue weighted by atomic mass is 10.1. The van der Waals surface area contributed by atoms with Crippen molar-refractivity contribution in [2.45, 2.75) is 12.8 Å². The van der Waals surface area contributed by atoms with E-state index in [0.29, 0.717) is 6.07 Å². The second-order valence-corrected chi connectivity index (χ2v) is 5.32. The van der Waals surface area contributed by atoms with Gasteiger partial charge in [0.1, 0.15) is 11.6 Å². The Labute approximate surface area is 148 Å². The van der Waals surface area contributed by atoms with Crippen LogP contribution in [0.1, 0.15) is 21.8 Å². The molecule has 0 fully saturated rings. The highest BCUT2D eigenvalue weighted by Crippen LogP contribution is 2.30. The zero-order valence-electron chi connectivity index (χ0n) is 13.3. The summed E-state index contributed by atoms with van der Waals surface area (Å²) in [7, 11) is 0. The summed E-state index contributed by atoms with van der Waals surface area (Å²) in [6.07, 6.45) is -4.47. The Balaban J connectivity index is 1.66. The molecule has 0 bridgehead atoms. The third-order valence-electron chi connectivity index (χ3n) is 3.36. The van der Waals surface area contributed by atoms with E-state index in [1.807, 2.05) is 0 Å². The molecule has 1 aromatic heterocycles. The third kappa shape index (κ3) is 4.46. The lowest BCUT2D eigenvalue weighted by molar-refractivity contribution is -0.137. The first-order valence-corrected chi connectivity index (χ1v) is 7.36. The number of hydrogen-bond donors (Lipinski definition) is 0. The van der Waals surface area contributed by atoms with Crippen molar-refractivity contribution >= 4 is 5.97 Å². The predicted molar refractivity (Wildman–Crippen MR) is 80.2 cm³/mol. The second-order valence-electron chi connectivity index (χ2n) is 5.32. The molecule has 0 aliphatic carbocycles. The van der Waals surface area contributed by atoms with Gasteiger partial charge in [-0.25, -0.2) is 13.6 Å². The highest BCUT2D eigenvalue weighted by Gasteiger charge is 2.30. The van der Waals surface area contributed by atoms with Crippen LogP contribution < -0.4 is 0 Å². The number of rotatable bonds is 4. The summed E-state index contributed by atoms with van der Waals surface area (Å²) < 4.78 is 73.5. The Kier molecular flexibility index (Phi) is 4.89. The van der Waals surface area contributed by atoms with Crippen LogP contribution >= 0.6 is 0 Å². The Morgan fingerprint density at radius 2 is 1.67 bits per heavy atom. The molecule has 0 amide bonds. The lowest BCUT2D eigenvalue weighted by Gasteiger charge is -2.05. The van der Waals surface area contributed by atoms with Crippen LogP contribution in [0.15, 0.2) is 47.0 Å². The molecular weight excluding hydrogens is 375 g/mol. The number of carbonyl (C=O) groups excluding carboxylic acids is 1. The van der Waals surface area contributed by atoms with Crippen LogP contribution in [0.5, 0.6) is 0 Å². The molecule has 0 spiro atoms. The minimum absolute atomic E-state index is 0.00780. The summed E-state index contributed by atoms with van der Waals surface area (Å²) in [5.74, 6) is -3.04. The normalized spacial score (nSPS) is 11.4. The van der Waals surface area contributed by atoms with Crippen molar-refractivity contribution in [2.75, 3.05) is 0 Å². The van der Waals surface area contributed by atoms with Gasteiger partial charge in [0, 0.05) is 11.6 Å². The molecule has 0 aliphatic heterocycles. The van der Waals surface area contributed by atoms with Crippen LogP contribution in [0.25, 0.3) is 11.4 Å². The molecule has 0 atom stereocenters. The van der Waals surface area contributed by atoms with Crippen LogP contribution in [0, 0.1) is 11.6 Å². The van der Waals surface area contributed by atoms with Crippen molar-refractivity contribution in [2.24, 2.45) is 0 Å². The molecule has 27 heavy (non-hydrogen) atoms. The van der Waals surface area contributed by atoms with Crippen LogP contribution in [0.4, 0.5) is 22.0 Å². The summed E-state index contributed by atoms with van der Waals surface area (Å²) in [6, 6.07) is 6.26. The summed E-state index contributed by atoms with van der Waals surface area (Å²) >= 11 is 0. The SMILES string of the molecule is O=C(OCc1nc(-c2ccc(C(F)(F)F)cc2)no1)c1cc(F)cc(F)c1. The molecular formula is C17H9F5N2O3. The molecule has 0 radical (unpaired) electrons. The Morgan fingerprint density at radius 1 is 1.04 bits per heavy atom. The first kappa shape index (κ1) is 18.5. The molecule has 10 heteroatoms. The molecule has 0 saturated heterocycles. The molecule has 5 nitrogen and oxygen atoms in total. The Bertz CT molecular complexity index is 947. The summed E-state index contributed by atoms with van der Waals surface area (Å²) in [5.41, 5.74) is -0.905. The van der Waals surface area contributed by atoms with Crippen LogP contribution in [-0.2, 0) is 17.5 Å². The molecule has 0 N–H and O–H groups in total. The van der Waals surface area contributed by atoms with Gasteiger partial charge in [-0.15, -0.1) is 0 Å². The molecule has 3 rings (SSSR count). The van der Waals surface area contributed by atoms with Gasteiger partial charge in [0.15, 0.2) is 6.61 Å². The quantitative estimate of drug-likeness (QED) is 0.493. The van der Waals surface area contributed by atoms with Crippen LogP contribution in [0.2, 0.25) is 0 Å². The molecule has 0 unspecified atom stereocenters. The number of ether oxygens (including phenoxy) is 1. The number of nitrogens with zero attached hydrogens (tertiary/aromatic N) is 2. The maximum Gasteiger partial charge on any atom is 0.416 e. The van der Waals surface area contributed by atoms with Gasteiger partial charge in [-0.1, -0.05) is 17.3 Å². The maximum absolute atomic E-state index is 13.1. The minimum atomic E-state index is -4.47. The second kappa shape index (κ2) is 7.14. The highest BCUT2D eigenvalue weighted by atomic mass is 19.4. The van der Waals surface area contributed by atoms with E-state index in [1.165, 1.54) is 12.1 Å². The van der Waals surface area contributed by atoms with Gasteiger partial charge in [0.2, 0.25) is 5.82 Å². The van der Waals surface area contributed by atoms with Crippen LogP contribution in [-0.4, -0.2) is 16.1 Å². The zero-order chi connectivity index (χ0) is 19.6. The molecule has 140 valence electrons. The van der Waals surface area contributed by atoms with E-state index in [-0.39, 0.29) is 22.8 Å². The Morgan fingerprint density at radius 3 is 2.26 bits per heavy atom. The van der Waals surface area contributed by atoms with E-state index in [9.17, 15) is 26.7 Å². The van der Waals surface area contributed by atoms with E-state index in [4.69, 9.17) is 9.26 Å². The largest absolute Gasteiger partial charge is 0.452 e. The maximum atomic E-state index is 13.1. The fourth-order valence-electron chi connectivity index (χ4n) is 2.12. The number of halogens is 5. The van der Waals surface area contributed by atoms with Crippen molar-refractivity contribution in [3.63, 3.8) is 0 Å². The molecule has 2 aromatic carbocycles. The number of carbonyl (C=O) groups is 1. The number of aromatic nitrogens is 2. The van der Waals surface area contributed by atoms with E-state index in [2.05, 4.69) is 10.1 Å². The van der Waals surface area contributed by atoms with Crippen molar-refractivity contribution in [1.29, 1.82) is 0 Å². The van der Waals surface area contributed by atoms with Gasteiger partial charge >= 0.3 is 12.1 Å². The average molecular weight is 384 g/mol. The monoisotopic (exact) mass is 384 g/mol. The van der Waals surface area contributed by atoms with Gasteiger partial charge < -0.3 is 9.26 Å². The standard InChI is InChI=1S/C17H9F5N2O3/c18-12-5-10(6-13(19)7-12)16(25)26-8-14-23-15(24-27-14)9-1-3-11(4-2-9)17(20,21)22/h1-7H,8H2. The molecule has 0 saturated carbocycles. The summed E-state index contributed by atoms with van der Waals surface area (Å²) in [5, 5.41) is 3.58. The van der Waals surface area contributed by atoms with Crippen molar-refractivity contribution in [3.05, 3.63) is 71.1 Å². The number of benzene rings is 2. The number of alkyl halides is 3. The van der Waals surface area contributed by atoms with Gasteiger partial charge in [-0.05, 0) is 24.3 Å². The average Bonchev–Trinajstić information content (AvgIpc) is 3.07. The Hall–Kier alpha value is -3.30. The zero-order valence-corrected chi connectivity index (χ0v) is 13.3. The van der Waals surface area contributed by atoms with Gasteiger partial charge in [0.05, 0.1) is 11.1 Å². The van der Waals surface area contributed by atoms with E-state index in [1.54, 1.807) is 0 Å². The fourth-order valence-corrected chi connectivity index (χ4v) is 2.12. The van der Waals surface area contributed by atoms with E-state index >= 15 is 0 Å². The van der Waals surface area contributed by atoms with E-state index in [0.717, 1.165) is 24.3 Å². The fraction of sp³-hybridized carbons (Fsp3) is 0.118. The molecule has 3 aromatic rings. The third-order valence-corrected chi connectivity index (χ3v) is 3.36. The summed E-state index contributed by atoms with van der Waals surface area (Å²) in [6.45, 7) is -0.482. The van der Waals surface area contributed by atoms with Crippen LogP contribution in [0.3, 0.4) is 0 Å². The topological polar surface area (TPSA) is 65.2 Å². The van der Waals surface area contributed by atoms with E-state index < -0.39 is 36.0 Å². The van der Waals surface area contributed by atoms with Crippen molar-refractivity contribution < 1.29 is 36.0 Å².